The monoisotopic (exact) mass is 991 g/mol. The lowest BCUT2D eigenvalue weighted by Gasteiger charge is -2.30. The number of hydrogen-bond donors (Lipinski definition) is 10. The molecule has 2 aromatic heterocycles. The Morgan fingerprint density at radius 2 is 1.66 bits per heavy atom. The van der Waals surface area contributed by atoms with Crippen molar-refractivity contribution in [2.75, 3.05) is 37.8 Å². The van der Waals surface area contributed by atoms with Crippen molar-refractivity contribution in [2.45, 2.75) is 122 Å². The zero-order valence-electron chi connectivity index (χ0n) is 35.6. The molecule has 3 heterocycles. The summed E-state index contributed by atoms with van der Waals surface area (Å²) in [7, 11) is -16.4. The fourth-order valence-electron chi connectivity index (χ4n) is 6.04. The number of nitrogens with two attached hydrogens (primary N) is 1. The van der Waals surface area contributed by atoms with Crippen LogP contribution < -0.4 is 16.4 Å². The number of carbonyl (C=O) groups excluding carboxylic acids is 3. The number of unbranched alkanes of at least 4 members (excludes halogenated alkanes) is 5. The van der Waals surface area contributed by atoms with E-state index in [2.05, 4.69) is 53.5 Å². The SMILES string of the molecule is CCCCCC=CCCCCC(O)CC(=O)SCCNC(=O)CCNC(=O)C(O)C(C)(C)COP(=O)(O)OP(=O)(O)OCC1OC(n2cnc3c(N)ncnc32)C(O)C1OP(=O)(O)O. The van der Waals surface area contributed by atoms with Crippen LogP contribution in [-0.4, -0.2) is 134 Å². The Labute approximate surface area is 373 Å². The molecular formula is C35H60N7O18P3S. The molecule has 29 heteroatoms. The number of phosphoric ester groups is 3. The van der Waals surface area contributed by atoms with E-state index in [0.717, 1.165) is 54.7 Å². The Balaban J connectivity index is 1.37. The van der Waals surface area contributed by atoms with Crippen LogP contribution in [0.1, 0.15) is 91.2 Å². The van der Waals surface area contributed by atoms with Gasteiger partial charge in [0.25, 0.3) is 0 Å². The quantitative estimate of drug-likeness (QED) is 0.0304. The molecule has 2 aromatic rings. The molecule has 8 atom stereocenters. The number of phosphoric acid groups is 3. The van der Waals surface area contributed by atoms with Crippen molar-refractivity contribution in [2.24, 2.45) is 5.41 Å². The molecule has 1 fully saturated rings. The number of carbonyl (C=O) groups is 3. The van der Waals surface area contributed by atoms with Gasteiger partial charge in [0, 0.05) is 37.1 Å². The van der Waals surface area contributed by atoms with E-state index in [9.17, 15) is 63.0 Å². The molecular weight excluding hydrogens is 931 g/mol. The van der Waals surface area contributed by atoms with Gasteiger partial charge in [-0.3, -0.25) is 32.5 Å². The first kappa shape index (κ1) is 55.6. The summed E-state index contributed by atoms with van der Waals surface area (Å²) in [5, 5.41) is 36.4. The minimum absolute atomic E-state index is 0.00730. The van der Waals surface area contributed by atoms with Gasteiger partial charge >= 0.3 is 23.5 Å². The van der Waals surface area contributed by atoms with Gasteiger partial charge in [0.15, 0.2) is 22.8 Å². The highest BCUT2D eigenvalue weighted by molar-refractivity contribution is 8.13. The minimum Gasteiger partial charge on any atom is -0.393 e. The average Bonchev–Trinajstić information content (AvgIpc) is 3.76. The molecule has 1 aliphatic heterocycles. The number of nitrogens with one attached hydrogen (secondary N) is 2. The number of ether oxygens (including phenoxy) is 1. The molecule has 0 aliphatic carbocycles. The second kappa shape index (κ2) is 26.0. The van der Waals surface area contributed by atoms with Crippen LogP contribution in [0.3, 0.4) is 0 Å². The number of imidazole rings is 1. The highest BCUT2D eigenvalue weighted by Gasteiger charge is 2.50. The number of rotatable bonds is 30. The molecule has 25 nitrogen and oxygen atoms in total. The van der Waals surface area contributed by atoms with Crippen LogP contribution in [0.4, 0.5) is 5.82 Å². The third kappa shape index (κ3) is 19.2. The summed E-state index contributed by atoms with van der Waals surface area (Å²) in [5.74, 6) is -1.24. The predicted octanol–water partition coefficient (Wildman–Crippen LogP) is 2.11. The summed E-state index contributed by atoms with van der Waals surface area (Å²) in [5.41, 5.74) is 4.25. The number of nitrogens with zero attached hydrogens (tertiary/aromatic N) is 4. The topological polar surface area (TPSA) is 384 Å². The molecule has 0 radical (unpaired) electrons. The normalized spacial score (nSPS) is 21.1. The molecule has 3 rings (SSSR count). The second-order valence-electron chi connectivity index (χ2n) is 15.4. The van der Waals surface area contributed by atoms with Crippen LogP contribution in [0.2, 0.25) is 0 Å². The second-order valence-corrected chi connectivity index (χ2v) is 20.8. The molecule has 8 unspecified atom stereocenters. The Bertz CT molecular complexity index is 2010. The maximum Gasteiger partial charge on any atom is 0.481 e. The number of thioether (sulfide) groups is 1. The fraction of sp³-hybridized carbons (Fsp3) is 0.714. The summed E-state index contributed by atoms with van der Waals surface area (Å²) in [6.45, 7) is 2.54. The van der Waals surface area contributed by atoms with Crippen molar-refractivity contribution in [1.82, 2.24) is 30.2 Å². The first-order valence-electron chi connectivity index (χ1n) is 20.3. The Morgan fingerprint density at radius 1 is 0.984 bits per heavy atom. The molecule has 0 aromatic carbocycles. The molecule has 1 aliphatic rings. The largest absolute Gasteiger partial charge is 0.481 e. The Kier molecular flexibility index (Phi) is 22.6. The van der Waals surface area contributed by atoms with Gasteiger partial charge in [0.2, 0.25) is 11.8 Å². The zero-order chi connectivity index (χ0) is 47.7. The Hall–Kier alpha value is -2.74. The van der Waals surface area contributed by atoms with Gasteiger partial charge in [-0.1, -0.05) is 63.9 Å². The van der Waals surface area contributed by atoms with Crippen LogP contribution >= 0.6 is 35.2 Å². The molecule has 0 spiro atoms. The van der Waals surface area contributed by atoms with Crippen LogP contribution in [-0.2, 0) is 50.7 Å². The van der Waals surface area contributed by atoms with Crippen molar-refractivity contribution in [3.05, 3.63) is 24.8 Å². The van der Waals surface area contributed by atoms with Gasteiger partial charge in [-0.25, -0.2) is 28.6 Å². The molecule has 0 saturated carbocycles. The predicted molar refractivity (Wildman–Crippen MR) is 229 cm³/mol. The number of anilines is 1. The van der Waals surface area contributed by atoms with Crippen LogP contribution in [0.25, 0.3) is 11.2 Å². The maximum atomic E-state index is 12.7. The number of aliphatic hydroxyl groups is 3. The summed E-state index contributed by atoms with van der Waals surface area (Å²) in [4.78, 5) is 88.2. The Morgan fingerprint density at radius 3 is 2.33 bits per heavy atom. The van der Waals surface area contributed by atoms with E-state index in [1.165, 1.54) is 33.1 Å². The van der Waals surface area contributed by atoms with E-state index in [1.54, 1.807) is 0 Å². The number of nitrogen functional groups attached to an aromatic ring is 1. The number of allylic oxidation sites excluding steroid dienone is 2. The smallest absolute Gasteiger partial charge is 0.393 e. The number of amides is 2. The number of fused-ring (bicyclic) bond motifs is 1. The summed E-state index contributed by atoms with van der Waals surface area (Å²) >= 11 is 0.984. The van der Waals surface area contributed by atoms with Crippen molar-refractivity contribution < 1.29 is 85.6 Å². The van der Waals surface area contributed by atoms with Gasteiger partial charge in [-0.15, -0.1) is 0 Å². The highest BCUT2D eigenvalue weighted by Crippen LogP contribution is 2.61. The lowest BCUT2D eigenvalue weighted by molar-refractivity contribution is -0.137. The van der Waals surface area contributed by atoms with Crippen LogP contribution in [0.5, 0.6) is 0 Å². The van der Waals surface area contributed by atoms with Gasteiger partial charge in [-0.05, 0) is 32.1 Å². The van der Waals surface area contributed by atoms with E-state index in [-0.39, 0.29) is 53.8 Å². The first-order valence-corrected chi connectivity index (χ1v) is 25.8. The molecule has 11 N–H and O–H groups in total. The summed E-state index contributed by atoms with van der Waals surface area (Å²) in [6.07, 6.45) is 4.48. The number of aromatic nitrogens is 4. The van der Waals surface area contributed by atoms with Crippen molar-refractivity contribution >= 4 is 69.1 Å². The lowest BCUT2D eigenvalue weighted by Crippen LogP contribution is -2.46. The van der Waals surface area contributed by atoms with Gasteiger partial charge in [0.1, 0.15) is 36.3 Å². The van der Waals surface area contributed by atoms with E-state index in [1.807, 2.05) is 0 Å². The average molecular weight is 992 g/mol. The molecule has 0 bridgehead atoms. The van der Waals surface area contributed by atoms with E-state index in [4.69, 9.17) is 19.5 Å². The standard InChI is InChI=1S/C35H60N7O18P3S/c1-4-5-6-7-8-9-10-11-12-13-23(43)18-26(45)64-17-16-37-25(44)14-15-38-33(48)30(47)35(2,3)20-57-63(54,55)60-62(52,53)56-19-24-29(59-61(49,50)51)28(46)34(58-24)42-22-41-27-31(36)39-21-40-32(27)42/h8-9,21-24,28-30,34,43,46-47H,4-7,10-20H2,1-3H3,(H,37,44)(H,38,48)(H,52,53)(H,54,55)(H2,36,39,40)(H2,49,50,51). The molecule has 364 valence electrons. The zero-order valence-corrected chi connectivity index (χ0v) is 39.1. The lowest BCUT2D eigenvalue weighted by atomic mass is 9.87. The molecule has 2 amide bonds. The molecule has 1 saturated heterocycles. The highest BCUT2D eigenvalue weighted by atomic mass is 32.2. The van der Waals surface area contributed by atoms with Crippen LogP contribution in [0.15, 0.2) is 24.8 Å². The first-order chi connectivity index (χ1) is 29.9. The number of hydrogen-bond acceptors (Lipinski definition) is 19. The van der Waals surface area contributed by atoms with E-state index in [0.29, 0.717) is 6.42 Å². The summed E-state index contributed by atoms with van der Waals surface area (Å²) in [6, 6.07) is 0. The van der Waals surface area contributed by atoms with Crippen molar-refractivity contribution in [3.8, 4) is 0 Å². The fourth-order valence-corrected chi connectivity index (χ4v) is 9.61. The van der Waals surface area contributed by atoms with Crippen molar-refractivity contribution in [3.63, 3.8) is 0 Å². The van der Waals surface area contributed by atoms with Crippen LogP contribution in [0, 0.1) is 5.41 Å². The van der Waals surface area contributed by atoms with Gasteiger partial charge in [0.05, 0.1) is 25.6 Å². The van der Waals surface area contributed by atoms with E-state index < -0.39 is 90.7 Å². The van der Waals surface area contributed by atoms with E-state index >= 15 is 0 Å². The minimum atomic E-state index is -5.59. The summed E-state index contributed by atoms with van der Waals surface area (Å²) < 4.78 is 62.3. The third-order valence-corrected chi connectivity index (χ3v) is 13.5. The van der Waals surface area contributed by atoms with Gasteiger partial charge < -0.3 is 56.0 Å². The third-order valence-electron chi connectivity index (χ3n) is 9.47. The maximum absolute atomic E-state index is 12.7. The molecule has 64 heavy (non-hydrogen) atoms. The van der Waals surface area contributed by atoms with Crippen molar-refractivity contribution in [1.29, 1.82) is 0 Å². The van der Waals surface area contributed by atoms with Gasteiger partial charge in [-0.2, -0.15) is 4.31 Å². The number of aliphatic hydroxyl groups excluding tert-OH is 3.